The van der Waals surface area contributed by atoms with E-state index in [1.165, 1.54) is 5.56 Å². The van der Waals surface area contributed by atoms with E-state index in [0.29, 0.717) is 5.92 Å². The lowest BCUT2D eigenvalue weighted by Crippen LogP contribution is -2.08. The van der Waals surface area contributed by atoms with Gasteiger partial charge in [0.15, 0.2) is 0 Å². The highest BCUT2D eigenvalue weighted by Crippen LogP contribution is 2.20. The number of carbonyl (C=O) groups is 1. The van der Waals surface area contributed by atoms with Crippen LogP contribution < -0.4 is 5.32 Å². The number of amides is 1. The number of carbonyl (C=O) groups excluding carboxylic acids is 1. The Balaban J connectivity index is 2.01. The zero-order valence-electron chi connectivity index (χ0n) is 13.1. The van der Waals surface area contributed by atoms with Crippen molar-refractivity contribution < 1.29 is 4.79 Å². The maximum absolute atomic E-state index is 12.0. The predicted molar refractivity (Wildman–Crippen MR) is 97.1 cm³/mol. The van der Waals surface area contributed by atoms with Gasteiger partial charge in [-0.1, -0.05) is 54.0 Å². The third-order valence-electron chi connectivity index (χ3n) is 3.48. The Bertz CT molecular complexity index is 687. The molecule has 0 aliphatic heterocycles. The van der Waals surface area contributed by atoms with Crippen molar-refractivity contribution in [3.63, 3.8) is 0 Å². The van der Waals surface area contributed by atoms with Crippen molar-refractivity contribution in [2.75, 3.05) is 5.32 Å². The summed E-state index contributed by atoms with van der Waals surface area (Å²) in [4.78, 5) is 12.0. The van der Waals surface area contributed by atoms with E-state index in [9.17, 15) is 4.79 Å². The highest BCUT2D eigenvalue weighted by atomic mass is 79.9. The molecule has 0 aliphatic carbocycles. The third kappa shape index (κ3) is 4.57. The van der Waals surface area contributed by atoms with Gasteiger partial charge in [0.1, 0.15) is 0 Å². The summed E-state index contributed by atoms with van der Waals surface area (Å²) in [5.74, 6) is 0.389. The molecule has 0 saturated carbocycles. The first-order chi connectivity index (χ1) is 10.5. The standard InChI is InChI=1S/C19H20BrNO/c1-13(2)16-7-4-15(5-8-16)6-11-19(22)21-18-10-9-17(20)12-14(18)3/h4-13H,1-3H3,(H,21,22). The Morgan fingerprint density at radius 2 is 1.82 bits per heavy atom. The van der Waals surface area contributed by atoms with Crippen molar-refractivity contribution in [1.29, 1.82) is 0 Å². The molecular formula is C19H20BrNO. The normalized spacial score (nSPS) is 11.1. The molecule has 0 atom stereocenters. The number of anilines is 1. The van der Waals surface area contributed by atoms with Crippen molar-refractivity contribution >= 4 is 33.6 Å². The van der Waals surface area contributed by atoms with E-state index in [2.05, 4.69) is 47.2 Å². The van der Waals surface area contributed by atoms with E-state index in [-0.39, 0.29) is 5.91 Å². The highest BCUT2D eigenvalue weighted by Gasteiger charge is 2.02. The molecule has 2 rings (SSSR count). The summed E-state index contributed by atoms with van der Waals surface area (Å²) in [5, 5.41) is 2.89. The topological polar surface area (TPSA) is 29.1 Å². The minimum absolute atomic E-state index is 0.127. The molecule has 0 fully saturated rings. The molecule has 0 radical (unpaired) electrons. The fraction of sp³-hybridized carbons (Fsp3) is 0.211. The van der Waals surface area contributed by atoms with E-state index < -0.39 is 0 Å². The van der Waals surface area contributed by atoms with Crippen LogP contribution in [0.4, 0.5) is 5.69 Å². The van der Waals surface area contributed by atoms with Crippen LogP contribution in [0.2, 0.25) is 0 Å². The summed E-state index contributed by atoms with van der Waals surface area (Å²) in [6, 6.07) is 14.0. The van der Waals surface area contributed by atoms with Crippen molar-refractivity contribution in [2.24, 2.45) is 0 Å². The molecule has 0 aromatic heterocycles. The Kier molecular flexibility index (Phi) is 5.56. The number of hydrogen-bond donors (Lipinski definition) is 1. The highest BCUT2D eigenvalue weighted by molar-refractivity contribution is 9.10. The second-order valence-electron chi connectivity index (χ2n) is 5.60. The molecule has 0 saturated heterocycles. The van der Waals surface area contributed by atoms with Gasteiger partial charge in [0.25, 0.3) is 0 Å². The Morgan fingerprint density at radius 3 is 2.41 bits per heavy atom. The van der Waals surface area contributed by atoms with Crippen molar-refractivity contribution in [3.8, 4) is 0 Å². The summed E-state index contributed by atoms with van der Waals surface area (Å²) >= 11 is 3.41. The Morgan fingerprint density at radius 1 is 1.14 bits per heavy atom. The van der Waals surface area contributed by atoms with Crippen LogP contribution in [-0.2, 0) is 4.79 Å². The van der Waals surface area contributed by atoms with Crippen LogP contribution in [-0.4, -0.2) is 5.91 Å². The summed E-state index contributed by atoms with van der Waals surface area (Å²) in [6.07, 6.45) is 3.39. The van der Waals surface area contributed by atoms with Crippen LogP contribution >= 0.6 is 15.9 Å². The van der Waals surface area contributed by atoms with Crippen molar-refractivity contribution in [1.82, 2.24) is 0 Å². The number of rotatable bonds is 4. The minimum atomic E-state index is -0.127. The first-order valence-electron chi connectivity index (χ1n) is 7.31. The molecule has 3 heteroatoms. The lowest BCUT2D eigenvalue weighted by atomic mass is 10.0. The average Bonchev–Trinajstić information content (AvgIpc) is 2.48. The summed E-state index contributed by atoms with van der Waals surface area (Å²) in [7, 11) is 0. The van der Waals surface area contributed by atoms with E-state index >= 15 is 0 Å². The quantitative estimate of drug-likeness (QED) is 0.715. The fourth-order valence-electron chi connectivity index (χ4n) is 2.11. The molecule has 1 amide bonds. The van der Waals surface area contributed by atoms with Gasteiger partial charge in [0.05, 0.1) is 0 Å². The molecule has 2 aromatic carbocycles. The molecule has 0 heterocycles. The van der Waals surface area contributed by atoms with Gasteiger partial charge in [-0.3, -0.25) is 4.79 Å². The third-order valence-corrected chi connectivity index (χ3v) is 3.97. The maximum atomic E-state index is 12.0. The maximum Gasteiger partial charge on any atom is 0.248 e. The lowest BCUT2D eigenvalue weighted by molar-refractivity contribution is -0.111. The summed E-state index contributed by atoms with van der Waals surface area (Å²) < 4.78 is 1.00. The van der Waals surface area contributed by atoms with Gasteiger partial charge < -0.3 is 5.32 Å². The number of benzene rings is 2. The van der Waals surface area contributed by atoms with Crippen LogP contribution in [0.1, 0.15) is 36.5 Å². The molecule has 114 valence electrons. The van der Waals surface area contributed by atoms with E-state index in [0.717, 1.165) is 21.3 Å². The number of nitrogens with one attached hydrogen (secondary N) is 1. The smallest absolute Gasteiger partial charge is 0.248 e. The van der Waals surface area contributed by atoms with Crippen LogP contribution in [0.3, 0.4) is 0 Å². The van der Waals surface area contributed by atoms with E-state index in [4.69, 9.17) is 0 Å². The number of hydrogen-bond acceptors (Lipinski definition) is 1. The van der Waals surface area contributed by atoms with Gasteiger partial charge in [-0.15, -0.1) is 0 Å². The first kappa shape index (κ1) is 16.5. The summed E-state index contributed by atoms with van der Waals surface area (Å²) in [6.45, 7) is 6.30. The molecule has 22 heavy (non-hydrogen) atoms. The monoisotopic (exact) mass is 357 g/mol. The average molecular weight is 358 g/mol. The van der Waals surface area contributed by atoms with Gasteiger partial charge in [-0.2, -0.15) is 0 Å². The van der Waals surface area contributed by atoms with Crippen LogP contribution in [0.25, 0.3) is 6.08 Å². The number of halogens is 1. The van der Waals surface area contributed by atoms with E-state index in [1.54, 1.807) is 6.08 Å². The van der Waals surface area contributed by atoms with Crippen LogP contribution in [0, 0.1) is 6.92 Å². The fourth-order valence-corrected chi connectivity index (χ4v) is 2.58. The lowest BCUT2D eigenvalue weighted by Gasteiger charge is -2.07. The molecule has 2 nitrogen and oxygen atoms in total. The molecule has 1 N–H and O–H groups in total. The second kappa shape index (κ2) is 7.41. The second-order valence-corrected chi connectivity index (χ2v) is 6.52. The van der Waals surface area contributed by atoms with Gasteiger partial charge >= 0.3 is 0 Å². The van der Waals surface area contributed by atoms with Gasteiger partial charge in [-0.25, -0.2) is 0 Å². The SMILES string of the molecule is Cc1cc(Br)ccc1NC(=O)C=Cc1ccc(C(C)C)cc1. The van der Waals surface area contributed by atoms with Crippen LogP contribution in [0.5, 0.6) is 0 Å². The Labute approximate surface area is 140 Å². The van der Waals surface area contributed by atoms with Crippen molar-refractivity contribution in [3.05, 3.63) is 69.7 Å². The van der Waals surface area contributed by atoms with Crippen molar-refractivity contribution in [2.45, 2.75) is 26.7 Å². The molecular weight excluding hydrogens is 338 g/mol. The molecule has 2 aromatic rings. The zero-order valence-corrected chi connectivity index (χ0v) is 14.6. The molecule has 0 aliphatic rings. The number of aryl methyl sites for hydroxylation is 1. The summed E-state index contributed by atoms with van der Waals surface area (Å²) in [5.41, 5.74) is 4.17. The van der Waals surface area contributed by atoms with E-state index in [1.807, 2.05) is 43.3 Å². The van der Waals surface area contributed by atoms with Gasteiger partial charge in [0, 0.05) is 16.2 Å². The van der Waals surface area contributed by atoms with Gasteiger partial charge in [0.2, 0.25) is 5.91 Å². The first-order valence-corrected chi connectivity index (χ1v) is 8.10. The molecule has 0 spiro atoms. The molecule has 0 bridgehead atoms. The minimum Gasteiger partial charge on any atom is -0.322 e. The van der Waals surface area contributed by atoms with Gasteiger partial charge in [-0.05, 0) is 53.8 Å². The van der Waals surface area contributed by atoms with Crippen LogP contribution in [0.15, 0.2) is 53.0 Å². The molecule has 0 unspecified atom stereocenters. The zero-order chi connectivity index (χ0) is 16.1. The largest absolute Gasteiger partial charge is 0.322 e. The Hall–Kier alpha value is -1.87. The predicted octanol–water partition coefficient (Wildman–Crippen LogP) is 5.53.